The molecule has 7 heteroatoms. The summed E-state index contributed by atoms with van der Waals surface area (Å²) in [7, 11) is 0. The molecule has 166 valence electrons. The molecule has 3 aromatic rings. The summed E-state index contributed by atoms with van der Waals surface area (Å²) in [6, 6.07) is 14.2. The number of benzene rings is 2. The van der Waals surface area contributed by atoms with E-state index in [1.54, 1.807) is 16.8 Å². The second-order valence-corrected chi connectivity index (χ2v) is 7.94. The van der Waals surface area contributed by atoms with Crippen molar-refractivity contribution in [1.82, 2.24) is 20.0 Å². The van der Waals surface area contributed by atoms with Gasteiger partial charge in [0.15, 0.2) is 0 Å². The third kappa shape index (κ3) is 4.72. The lowest BCUT2D eigenvalue weighted by Gasteiger charge is -2.29. The summed E-state index contributed by atoms with van der Waals surface area (Å²) in [5.41, 5.74) is 4.49. The van der Waals surface area contributed by atoms with E-state index >= 15 is 0 Å². The number of rotatable bonds is 7. The van der Waals surface area contributed by atoms with Gasteiger partial charge < -0.3 is 10.2 Å². The summed E-state index contributed by atoms with van der Waals surface area (Å²) >= 11 is 0. The zero-order chi connectivity index (χ0) is 22.5. The number of amides is 2. The summed E-state index contributed by atoms with van der Waals surface area (Å²) in [4.78, 5) is 27.2. The van der Waals surface area contributed by atoms with Crippen molar-refractivity contribution in [3.8, 4) is 5.69 Å². The van der Waals surface area contributed by atoms with E-state index < -0.39 is 0 Å². The number of nitrogens with zero attached hydrogens (tertiary/aromatic N) is 3. The van der Waals surface area contributed by atoms with Crippen LogP contribution >= 0.6 is 0 Å². The van der Waals surface area contributed by atoms with Crippen LogP contribution in [0.1, 0.15) is 46.9 Å². The minimum Gasteiger partial charge on any atom is -0.352 e. The summed E-state index contributed by atoms with van der Waals surface area (Å²) in [5, 5.41) is 7.22. The number of fused-ring (bicyclic) bond motifs is 1. The Morgan fingerprint density at radius 1 is 1.09 bits per heavy atom. The van der Waals surface area contributed by atoms with Gasteiger partial charge >= 0.3 is 0 Å². The molecular weight excluding hydrogens is 407 g/mol. The Balaban J connectivity index is 1.29. The first kappa shape index (κ1) is 21.7. The molecule has 6 nitrogen and oxygen atoms in total. The maximum absolute atomic E-state index is 13.2. The highest BCUT2D eigenvalue weighted by Crippen LogP contribution is 2.19. The fourth-order valence-electron chi connectivity index (χ4n) is 4.11. The Morgan fingerprint density at radius 3 is 2.59 bits per heavy atom. The van der Waals surface area contributed by atoms with Crippen LogP contribution in [0, 0.1) is 5.82 Å². The standard InChI is InChI=1S/C25H27FN4O2/c1-2-23-22(16-28-30(23)21-11-9-20(26)10-12-21)25(32)27-14-5-8-24(31)29-15-13-18-6-3-4-7-19(18)17-29/h3-4,6-7,9-12,16H,2,5,8,13-15,17H2,1H3,(H,27,32). The van der Waals surface area contributed by atoms with Crippen molar-refractivity contribution in [2.45, 2.75) is 39.2 Å². The second kappa shape index (κ2) is 9.77. The lowest BCUT2D eigenvalue weighted by molar-refractivity contribution is -0.132. The quantitative estimate of drug-likeness (QED) is 0.577. The fraction of sp³-hybridized carbons (Fsp3) is 0.320. The molecule has 0 aliphatic carbocycles. The Morgan fingerprint density at radius 2 is 1.84 bits per heavy atom. The third-order valence-electron chi connectivity index (χ3n) is 5.86. The number of halogens is 1. The van der Waals surface area contributed by atoms with Crippen molar-refractivity contribution >= 4 is 11.8 Å². The van der Waals surface area contributed by atoms with E-state index in [1.165, 1.54) is 29.5 Å². The molecule has 2 heterocycles. The second-order valence-electron chi connectivity index (χ2n) is 7.94. The van der Waals surface area contributed by atoms with Crippen LogP contribution in [-0.2, 0) is 24.2 Å². The van der Waals surface area contributed by atoms with E-state index in [-0.39, 0.29) is 17.6 Å². The lowest BCUT2D eigenvalue weighted by Crippen LogP contribution is -2.36. The molecule has 0 atom stereocenters. The van der Waals surface area contributed by atoms with Gasteiger partial charge in [0.2, 0.25) is 5.91 Å². The van der Waals surface area contributed by atoms with Gasteiger partial charge in [-0.3, -0.25) is 9.59 Å². The molecule has 1 aromatic heterocycles. The average Bonchev–Trinajstić information content (AvgIpc) is 3.26. The van der Waals surface area contributed by atoms with Crippen LogP contribution in [0.2, 0.25) is 0 Å². The molecule has 2 aromatic carbocycles. The molecule has 0 bridgehead atoms. The highest BCUT2D eigenvalue weighted by Gasteiger charge is 2.20. The minimum atomic E-state index is -0.319. The normalized spacial score (nSPS) is 13.0. The molecule has 1 aliphatic heterocycles. The van der Waals surface area contributed by atoms with Crippen molar-refractivity contribution in [2.24, 2.45) is 0 Å². The van der Waals surface area contributed by atoms with E-state index in [4.69, 9.17) is 0 Å². The SMILES string of the molecule is CCc1c(C(=O)NCCCC(=O)N2CCc3ccccc3C2)cnn1-c1ccc(F)cc1. The predicted octanol–water partition coefficient (Wildman–Crippen LogP) is 3.67. The van der Waals surface area contributed by atoms with Gasteiger partial charge in [-0.25, -0.2) is 9.07 Å². The smallest absolute Gasteiger partial charge is 0.254 e. The Bertz CT molecular complexity index is 1110. The van der Waals surface area contributed by atoms with Gasteiger partial charge in [0, 0.05) is 26.1 Å². The average molecular weight is 435 g/mol. The maximum Gasteiger partial charge on any atom is 0.254 e. The number of aromatic nitrogens is 2. The van der Waals surface area contributed by atoms with Crippen LogP contribution in [0.3, 0.4) is 0 Å². The summed E-state index contributed by atoms with van der Waals surface area (Å²) < 4.78 is 14.9. The van der Waals surface area contributed by atoms with E-state index in [0.29, 0.717) is 43.6 Å². The number of carbonyl (C=O) groups excluding carboxylic acids is 2. The summed E-state index contributed by atoms with van der Waals surface area (Å²) in [5.74, 6) is -0.415. The van der Waals surface area contributed by atoms with Crippen molar-refractivity contribution in [3.63, 3.8) is 0 Å². The maximum atomic E-state index is 13.2. The van der Waals surface area contributed by atoms with E-state index in [9.17, 15) is 14.0 Å². The largest absolute Gasteiger partial charge is 0.352 e. The number of hydrogen-bond donors (Lipinski definition) is 1. The lowest BCUT2D eigenvalue weighted by atomic mass is 9.99. The summed E-state index contributed by atoms with van der Waals surface area (Å²) in [6.07, 6.45) is 4.01. The summed E-state index contributed by atoms with van der Waals surface area (Å²) in [6.45, 7) is 3.76. The third-order valence-corrected chi connectivity index (χ3v) is 5.86. The first-order valence-electron chi connectivity index (χ1n) is 11.0. The molecule has 0 fully saturated rings. The van der Waals surface area contributed by atoms with Crippen molar-refractivity contribution in [1.29, 1.82) is 0 Å². The van der Waals surface area contributed by atoms with Gasteiger partial charge in [0.25, 0.3) is 5.91 Å². The van der Waals surface area contributed by atoms with E-state index in [2.05, 4.69) is 22.5 Å². The van der Waals surface area contributed by atoms with Gasteiger partial charge in [0.1, 0.15) is 5.82 Å². The Kier molecular flexibility index (Phi) is 6.63. The van der Waals surface area contributed by atoms with Crippen LogP contribution in [-0.4, -0.2) is 39.6 Å². The van der Waals surface area contributed by atoms with Gasteiger partial charge in [0.05, 0.1) is 23.1 Å². The number of carbonyl (C=O) groups is 2. The molecule has 1 N–H and O–H groups in total. The minimum absolute atomic E-state index is 0.118. The highest BCUT2D eigenvalue weighted by molar-refractivity contribution is 5.95. The van der Waals surface area contributed by atoms with Crippen molar-refractivity contribution in [3.05, 3.63) is 82.9 Å². The van der Waals surface area contributed by atoms with Crippen LogP contribution in [0.25, 0.3) is 5.69 Å². The molecule has 32 heavy (non-hydrogen) atoms. The van der Waals surface area contributed by atoms with E-state index in [0.717, 1.165) is 18.7 Å². The molecule has 0 radical (unpaired) electrons. The van der Waals surface area contributed by atoms with Gasteiger partial charge in [-0.1, -0.05) is 31.2 Å². The molecule has 1 aliphatic rings. The Labute approximate surface area is 187 Å². The first-order chi connectivity index (χ1) is 15.6. The molecule has 0 unspecified atom stereocenters. The van der Waals surface area contributed by atoms with Gasteiger partial charge in [-0.05, 0) is 54.7 Å². The Hall–Kier alpha value is -3.48. The van der Waals surface area contributed by atoms with E-state index in [1.807, 2.05) is 24.0 Å². The molecule has 0 saturated carbocycles. The highest BCUT2D eigenvalue weighted by atomic mass is 19.1. The zero-order valence-corrected chi connectivity index (χ0v) is 18.2. The van der Waals surface area contributed by atoms with Gasteiger partial charge in [-0.2, -0.15) is 5.10 Å². The molecule has 4 rings (SSSR count). The van der Waals surface area contributed by atoms with Gasteiger partial charge in [-0.15, -0.1) is 0 Å². The van der Waals surface area contributed by atoms with Crippen molar-refractivity contribution < 1.29 is 14.0 Å². The molecule has 2 amide bonds. The van der Waals surface area contributed by atoms with Crippen LogP contribution in [0.4, 0.5) is 4.39 Å². The topological polar surface area (TPSA) is 67.2 Å². The first-order valence-corrected chi connectivity index (χ1v) is 11.0. The van der Waals surface area contributed by atoms with Crippen molar-refractivity contribution in [2.75, 3.05) is 13.1 Å². The monoisotopic (exact) mass is 434 g/mol. The van der Waals surface area contributed by atoms with Crippen LogP contribution in [0.5, 0.6) is 0 Å². The number of nitrogens with one attached hydrogen (secondary N) is 1. The predicted molar refractivity (Wildman–Crippen MR) is 120 cm³/mol. The molecule has 0 saturated heterocycles. The zero-order valence-electron chi connectivity index (χ0n) is 18.2. The molecule has 0 spiro atoms. The van der Waals surface area contributed by atoms with Crippen LogP contribution < -0.4 is 5.32 Å². The fourth-order valence-corrected chi connectivity index (χ4v) is 4.11. The van der Waals surface area contributed by atoms with Crippen LogP contribution in [0.15, 0.2) is 54.7 Å². The molecular formula is C25H27FN4O2. The number of hydrogen-bond acceptors (Lipinski definition) is 3.